The molecule has 0 unspecified atom stereocenters. The van der Waals surface area contributed by atoms with E-state index >= 15 is 0 Å². The van der Waals surface area contributed by atoms with Crippen molar-refractivity contribution in [2.45, 2.75) is 46.3 Å². The van der Waals surface area contributed by atoms with Crippen LogP contribution in [-0.4, -0.2) is 57.2 Å². The average Bonchev–Trinajstić information content (AvgIpc) is 2.43. The Morgan fingerprint density at radius 2 is 2.00 bits per heavy atom. The zero-order valence-electron chi connectivity index (χ0n) is 14.9. The van der Waals surface area contributed by atoms with Crippen molar-refractivity contribution in [3.63, 3.8) is 0 Å². The molecule has 0 N–H and O–H groups in total. The maximum atomic E-state index is 12.2. The van der Waals surface area contributed by atoms with Gasteiger partial charge in [-0.1, -0.05) is 0 Å². The van der Waals surface area contributed by atoms with Gasteiger partial charge in [-0.05, 0) is 46.2 Å². The third-order valence-corrected chi connectivity index (χ3v) is 3.92. The summed E-state index contributed by atoms with van der Waals surface area (Å²) in [6.07, 6.45) is -0.398. The molecule has 1 aliphatic heterocycles. The van der Waals surface area contributed by atoms with Gasteiger partial charge in [-0.2, -0.15) is 4.98 Å². The molecule has 2 rings (SSSR count). The van der Waals surface area contributed by atoms with Crippen molar-refractivity contribution in [1.82, 2.24) is 14.9 Å². The Kier molecular flexibility index (Phi) is 5.36. The van der Waals surface area contributed by atoms with Gasteiger partial charge in [-0.15, -0.1) is 0 Å². The maximum absolute atomic E-state index is 12.2. The highest BCUT2D eigenvalue weighted by Crippen LogP contribution is 2.32. The van der Waals surface area contributed by atoms with Gasteiger partial charge in [-0.25, -0.2) is 9.78 Å². The molecule has 2 heterocycles. The first kappa shape index (κ1) is 19.2. The smallest absolute Gasteiger partial charge is 0.410 e. The van der Waals surface area contributed by atoms with E-state index in [9.17, 15) is 14.9 Å². The fourth-order valence-corrected chi connectivity index (χ4v) is 2.90. The zero-order valence-corrected chi connectivity index (χ0v) is 15.7. The predicted octanol–water partition coefficient (Wildman–Crippen LogP) is 2.79. The monoisotopic (exact) mass is 371 g/mol. The lowest BCUT2D eigenvalue weighted by Crippen LogP contribution is -2.55. The van der Waals surface area contributed by atoms with Crippen LogP contribution in [0, 0.1) is 17.0 Å². The quantitative estimate of drug-likeness (QED) is 0.447. The van der Waals surface area contributed by atoms with Crippen molar-refractivity contribution in [2.75, 3.05) is 24.5 Å². The van der Waals surface area contributed by atoms with Crippen LogP contribution in [0.25, 0.3) is 0 Å². The van der Waals surface area contributed by atoms with E-state index in [1.54, 1.807) is 30.6 Å². The second kappa shape index (κ2) is 6.99. The molecule has 25 heavy (non-hydrogen) atoms. The number of nitrogens with zero attached hydrogens (tertiary/aromatic N) is 5. The molecule has 0 aromatic carbocycles. The molecule has 0 aliphatic carbocycles. The second-order valence-electron chi connectivity index (χ2n) is 6.98. The van der Waals surface area contributed by atoms with Gasteiger partial charge >= 0.3 is 11.8 Å². The summed E-state index contributed by atoms with van der Waals surface area (Å²) < 4.78 is 5.38. The van der Waals surface area contributed by atoms with Gasteiger partial charge in [0.25, 0.3) is 0 Å². The molecular weight excluding hydrogens is 350 g/mol. The van der Waals surface area contributed by atoms with Crippen LogP contribution in [0.3, 0.4) is 0 Å². The lowest BCUT2D eigenvalue weighted by atomic mass is 10.1. The molecule has 1 aliphatic rings. The molecule has 10 heteroatoms. The molecule has 1 atom stereocenters. The maximum Gasteiger partial charge on any atom is 0.410 e. The molecule has 1 aromatic heterocycles. The number of hydrogen-bond acceptors (Lipinski definition) is 7. The van der Waals surface area contributed by atoms with Gasteiger partial charge < -0.3 is 14.5 Å². The van der Waals surface area contributed by atoms with Crippen LogP contribution in [0.15, 0.2) is 0 Å². The largest absolute Gasteiger partial charge is 0.444 e. The fourth-order valence-electron chi connectivity index (χ4n) is 2.70. The minimum atomic E-state index is -0.576. The molecule has 0 spiro atoms. The number of carbonyl (C=O) groups is 1. The molecule has 0 bridgehead atoms. The van der Waals surface area contributed by atoms with Crippen molar-refractivity contribution in [3.05, 3.63) is 21.1 Å². The Hall–Kier alpha value is -2.16. The Morgan fingerprint density at radius 3 is 2.52 bits per heavy atom. The summed E-state index contributed by atoms with van der Waals surface area (Å²) in [5, 5.41) is 11.4. The number of piperazine rings is 1. The molecule has 1 saturated heterocycles. The van der Waals surface area contributed by atoms with Crippen LogP contribution in [0.4, 0.5) is 16.3 Å². The summed E-state index contributed by atoms with van der Waals surface area (Å²) in [5.74, 6) is 0.179. The van der Waals surface area contributed by atoms with E-state index in [0.29, 0.717) is 19.6 Å². The molecule has 1 amide bonds. The average molecular weight is 372 g/mol. The van der Waals surface area contributed by atoms with Crippen molar-refractivity contribution >= 4 is 29.2 Å². The van der Waals surface area contributed by atoms with Crippen LogP contribution in [0.1, 0.15) is 33.4 Å². The van der Waals surface area contributed by atoms with E-state index in [1.807, 2.05) is 6.92 Å². The number of anilines is 1. The number of ether oxygens (including phenoxy) is 1. The molecule has 9 nitrogen and oxygen atoms in total. The molecule has 0 saturated carbocycles. The number of hydrogen-bond donors (Lipinski definition) is 0. The first-order valence-corrected chi connectivity index (χ1v) is 8.30. The van der Waals surface area contributed by atoms with Crippen molar-refractivity contribution in [2.24, 2.45) is 0 Å². The number of carbonyl (C=O) groups excluding carboxylic acids is 1. The number of amides is 1. The number of halogens is 1. The minimum absolute atomic E-state index is 0.0418. The van der Waals surface area contributed by atoms with Gasteiger partial charge in [0.15, 0.2) is 0 Å². The highest BCUT2D eigenvalue weighted by atomic mass is 35.5. The van der Waals surface area contributed by atoms with Crippen molar-refractivity contribution in [1.29, 1.82) is 0 Å². The molecule has 138 valence electrons. The summed E-state index contributed by atoms with van der Waals surface area (Å²) >= 11 is 5.89. The minimum Gasteiger partial charge on any atom is -0.444 e. The van der Waals surface area contributed by atoms with Gasteiger partial charge in [0, 0.05) is 25.7 Å². The van der Waals surface area contributed by atoms with Crippen LogP contribution >= 0.6 is 11.6 Å². The lowest BCUT2D eigenvalue weighted by Gasteiger charge is -2.40. The Balaban J connectivity index is 2.23. The lowest BCUT2D eigenvalue weighted by molar-refractivity contribution is -0.385. The van der Waals surface area contributed by atoms with Gasteiger partial charge in [-0.3, -0.25) is 10.1 Å². The normalized spacial score (nSPS) is 18.2. The predicted molar refractivity (Wildman–Crippen MR) is 93.0 cm³/mol. The standard InChI is InChI=1S/C15H22ClN5O4/c1-9-8-19(14(22)25-15(3,4)5)6-7-20(9)12-11(21(23)24)10(2)17-13(16)18-12/h9H,6-8H2,1-5H3/t9-/m0/s1. The molecular formula is C15H22ClN5O4. The van der Waals surface area contributed by atoms with E-state index in [-0.39, 0.29) is 28.5 Å². The van der Waals surface area contributed by atoms with E-state index in [1.165, 1.54) is 6.92 Å². The summed E-state index contributed by atoms with van der Waals surface area (Å²) in [4.78, 5) is 34.4. The first-order chi connectivity index (χ1) is 11.5. The molecule has 1 aromatic rings. The first-order valence-electron chi connectivity index (χ1n) is 7.92. The van der Waals surface area contributed by atoms with E-state index < -0.39 is 16.6 Å². The highest BCUT2D eigenvalue weighted by molar-refractivity contribution is 6.28. The van der Waals surface area contributed by atoms with Gasteiger partial charge in [0.05, 0.1) is 4.92 Å². The number of aromatic nitrogens is 2. The Morgan fingerprint density at radius 1 is 1.36 bits per heavy atom. The number of nitro groups is 1. The third-order valence-electron chi connectivity index (χ3n) is 3.75. The fraction of sp³-hybridized carbons (Fsp3) is 0.667. The van der Waals surface area contributed by atoms with Crippen LogP contribution < -0.4 is 4.90 Å². The van der Waals surface area contributed by atoms with E-state index in [4.69, 9.17) is 16.3 Å². The topological polar surface area (TPSA) is 102 Å². The molecule has 0 radical (unpaired) electrons. The summed E-state index contributed by atoms with van der Waals surface area (Å²) in [6.45, 7) is 9.93. The van der Waals surface area contributed by atoms with Crippen molar-refractivity contribution in [3.8, 4) is 0 Å². The molecule has 1 fully saturated rings. The number of rotatable bonds is 2. The van der Waals surface area contributed by atoms with E-state index in [0.717, 1.165) is 0 Å². The summed E-state index contributed by atoms with van der Waals surface area (Å²) in [7, 11) is 0. The van der Waals surface area contributed by atoms with Gasteiger partial charge in [0.2, 0.25) is 11.1 Å². The third kappa shape index (κ3) is 4.47. The zero-order chi connectivity index (χ0) is 18.9. The van der Waals surface area contributed by atoms with Crippen LogP contribution in [0.2, 0.25) is 5.28 Å². The highest BCUT2D eigenvalue weighted by Gasteiger charge is 2.34. The Bertz CT molecular complexity index is 691. The summed E-state index contributed by atoms with van der Waals surface area (Å²) in [6, 6.07) is -0.190. The summed E-state index contributed by atoms with van der Waals surface area (Å²) in [5.41, 5.74) is -0.531. The Labute approximate surface area is 151 Å². The number of aryl methyl sites for hydroxylation is 1. The van der Waals surface area contributed by atoms with E-state index in [2.05, 4.69) is 9.97 Å². The van der Waals surface area contributed by atoms with Crippen LogP contribution in [0.5, 0.6) is 0 Å². The van der Waals surface area contributed by atoms with Crippen LogP contribution in [-0.2, 0) is 4.74 Å². The van der Waals surface area contributed by atoms with Crippen molar-refractivity contribution < 1.29 is 14.5 Å². The van der Waals surface area contributed by atoms with Gasteiger partial charge in [0.1, 0.15) is 11.3 Å². The SMILES string of the molecule is Cc1nc(Cl)nc(N2CCN(C(=O)OC(C)(C)C)C[C@@H]2C)c1[N+](=O)[O-]. The second-order valence-corrected chi connectivity index (χ2v) is 7.31.